The number of nitrogens with one attached hydrogen (secondary N) is 1. The highest BCUT2D eigenvalue weighted by Gasteiger charge is 2.23. The molecule has 1 aromatic heterocycles. The molecule has 0 amide bonds. The van der Waals surface area contributed by atoms with Gasteiger partial charge in [0.15, 0.2) is 5.82 Å². The molecule has 5 nitrogen and oxygen atoms in total. The van der Waals surface area contributed by atoms with Crippen molar-refractivity contribution < 1.29 is 4.74 Å². The summed E-state index contributed by atoms with van der Waals surface area (Å²) in [6.45, 7) is 4.44. The van der Waals surface area contributed by atoms with Crippen LogP contribution < -0.4 is 10.2 Å². The van der Waals surface area contributed by atoms with E-state index in [4.69, 9.17) is 4.74 Å². The van der Waals surface area contributed by atoms with Crippen LogP contribution in [0.25, 0.3) is 0 Å². The van der Waals surface area contributed by atoms with Crippen molar-refractivity contribution in [3.05, 3.63) is 11.9 Å². The highest BCUT2D eigenvalue weighted by molar-refractivity contribution is 5.49. The average molecular weight is 250 g/mol. The van der Waals surface area contributed by atoms with Crippen molar-refractivity contribution in [3.8, 4) is 0 Å². The smallest absolute Gasteiger partial charge is 0.158 e. The van der Waals surface area contributed by atoms with Crippen molar-refractivity contribution in [3.63, 3.8) is 0 Å². The first-order chi connectivity index (χ1) is 8.72. The molecule has 1 N–H and O–H groups in total. The number of methoxy groups -OCH3 is 1. The van der Waals surface area contributed by atoms with Gasteiger partial charge in [-0.1, -0.05) is 0 Å². The minimum atomic E-state index is 0.448. The van der Waals surface area contributed by atoms with Gasteiger partial charge in [0.1, 0.15) is 18.2 Å². The number of nitrogens with zero attached hydrogens (tertiary/aromatic N) is 3. The molecule has 1 fully saturated rings. The maximum absolute atomic E-state index is 5.12. The van der Waals surface area contributed by atoms with E-state index in [0.29, 0.717) is 6.61 Å². The van der Waals surface area contributed by atoms with E-state index in [9.17, 15) is 0 Å². The third-order valence-electron chi connectivity index (χ3n) is 3.01. The van der Waals surface area contributed by atoms with E-state index in [1.54, 1.807) is 7.11 Å². The van der Waals surface area contributed by atoms with Gasteiger partial charge in [0.05, 0.1) is 0 Å². The zero-order valence-electron chi connectivity index (χ0n) is 11.4. The van der Waals surface area contributed by atoms with Gasteiger partial charge in [-0.15, -0.1) is 0 Å². The lowest BCUT2D eigenvalue weighted by atomic mass is 10.3. The van der Waals surface area contributed by atoms with Crippen molar-refractivity contribution in [1.82, 2.24) is 9.97 Å². The summed E-state index contributed by atoms with van der Waals surface area (Å²) in [6, 6.07) is 2.00. The van der Waals surface area contributed by atoms with E-state index in [1.807, 2.05) is 6.07 Å². The Hall–Kier alpha value is -1.36. The summed E-state index contributed by atoms with van der Waals surface area (Å²) in [7, 11) is 3.75. The Bertz CT molecular complexity index is 368. The molecule has 0 atom stereocenters. The fourth-order valence-corrected chi connectivity index (χ4v) is 1.93. The summed E-state index contributed by atoms with van der Waals surface area (Å²) >= 11 is 0. The second-order valence-electron chi connectivity index (χ2n) is 4.81. The van der Waals surface area contributed by atoms with Crippen molar-refractivity contribution in [2.24, 2.45) is 5.92 Å². The van der Waals surface area contributed by atoms with Gasteiger partial charge >= 0.3 is 0 Å². The minimum absolute atomic E-state index is 0.448. The van der Waals surface area contributed by atoms with Gasteiger partial charge in [-0.05, 0) is 25.7 Å². The summed E-state index contributed by atoms with van der Waals surface area (Å²) in [5.41, 5.74) is 0. The van der Waals surface area contributed by atoms with E-state index in [0.717, 1.165) is 36.5 Å². The Morgan fingerprint density at radius 1 is 1.44 bits per heavy atom. The second kappa shape index (κ2) is 6.00. The van der Waals surface area contributed by atoms with Gasteiger partial charge in [0, 0.05) is 33.3 Å². The Morgan fingerprint density at radius 2 is 2.22 bits per heavy atom. The van der Waals surface area contributed by atoms with Gasteiger partial charge in [0.2, 0.25) is 0 Å². The minimum Gasteiger partial charge on any atom is -0.377 e. The molecule has 2 rings (SSSR count). The highest BCUT2D eigenvalue weighted by atomic mass is 16.5. The van der Waals surface area contributed by atoms with Crippen LogP contribution in [0.1, 0.15) is 25.6 Å². The Labute approximate surface area is 109 Å². The molecule has 1 aliphatic carbocycles. The van der Waals surface area contributed by atoms with Crippen molar-refractivity contribution in [2.75, 3.05) is 37.5 Å². The molecule has 0 aliphatic heterocycles. The van der Waals surface area contributed by atoms with E-state index >= 15 is 0 Å². The van der Waals surface area contributed by atoms with Crippen LogP contribution in [0.15, 0.2) is 6.07 Å². The Balaban J connectivity index is 2.14. The number of hydrogen-bond acceptors (Lipinski definition) is 5. The quantitative estimate of drug-likeness (QED) is 0.801. The van der Waals surface area contributed by atoms with Crippen molar-refractivity contribution >= 4 is 11.6 Å². The molecular formula is C13H22N4O. The molecule has 0 radical (unpaired) electrons. The SMILES string of the molecule is CCNc1cc(N(C)CC2CC2)nc(COC)n1. The molecule has 1 saturated carbocycles. The highest BCUT2D eigenvalue weighted by Crippen LogP contribution is 2.30. The van der Waals surface area contributed by atoms with Crippen LogP contribution in [-0.2, 0) is 11.3 Å². The maximum Gasteiger partial charge on any atom is 0.158 e. The van der Waals surface area contributed by atoms with Crippen LogP contribution >= 0.6 is 0 Å². The first-order valence-corrected chi connectivity index (χ1v) is 6.54. The maximum atomic E-state index is 5.12. The summed E-state index contributed by atoms with van der Waals surface area (Å²) in [6.07, 6.45) is 2.70. The predicted molar refractivity (Wildman–Crippen MR) is 72.9 cm³/mol. The fraction of sp³-hybridized carbons (Fsp3) is 0.692. The van der Waals surface area contributed by atoms with E-state index < -0.39 is 0 Å². The summed E-state index contributed by atoms with van der Waals surface area (Å²) < 4.78 is 5.12. The lowest BCUT2D eigenvalue weighted by Gasteiger charge is -2.19. The zero-order valence-corrected chi connectivity index (χ0v) is 11.4. The fourth-order valence-electron chi connectivity index (χ4n) is 1.93. The van der Waals surface area contributed by atoms with Crippen LogP contribution in [-0.4, -0.2) is 37.2 Å². The normalized spacial score (nSPS) is 14.6. The standard InChI is InChI=1S/C13H22N4O/c1-4-14-11-7-13(16-12(15-11)9-18-3)17(2)8-10-5-6-10/h7,10H,4-6,8-9H2,1-3H3,(H,14,15,16). The number of ether oxygens (including phenoxy) is 1. The molecule has 0 spiro atoms. The van der Waals surface area contributed by atoms with Gasteiger partial charge in [-0.2, -0.15) is 0 Å². The lowest BCUT2D eigenvalue weighted by molar-refractivity contribution is 0.178. The van der Waals surface area contributed by atoms with Gasteiger partial charge in [0.25, 0.3) is 0 Å². The summed E-state index contributed by atoms with van der Waals surface area (Å²) in [4.78, 5) is 11.2. The monoisotopic (exact) mass is 250 g/mol. The molecule has 1 aliphatic rings. The molecule has 1 heterocycles. The number of rotatable bonds is 7. The lowest BCUT2D eigenvalue weighted by Crippen LogP contribution is -2.22. The number of hydrogen-bond donors (Lipinski definition) is 1. The second-order valence-corrected chi connectivity index (χ2v) is 4.81. The Kier molecular flexibility index (Phi) is 4.36. The molecule has 18 heavy (non-hydrogen) atoms. The van der Waals surface area contributed by atoms with Crippen LogP contribution in [0.3, 0.4) is 0 Å². The van der Waals surface area contributed by atoms with Crippen LogP contribution in [0.4, 0.5) is 11.6 Å². The van der Waals surface area contributed by atoms with Crippen LogP contribution in [0, 0.1) is 5.92 Å². The summed E-state index contributed by atoms with van der Waals surface area (Å²) in [5.74, 6) is 3.42. The number of aromatic nitrogens is 2. The summed E-state index contributed by atoms with van der Waals surface area (Å²) in [5, 5.41) is 3.24. The molecular weight excluding hydrogens is 228 g/mol. The van der Waals surface area contributed by atoms with Crippen molar-refractivity contribution in [1.29, 1.82) is 0 Å². The van der Waals surface area contributed by atoms with Gasteiger partial charge < -0.3 is 15.0 Å². The molecule has 0 aromatic carbocycles. The first kappa shape index (κ1) is 13.1. The topological polar surface area (TPSA) is 50.3 Å². The molecule has 100 valence electrons. The van der Waals surface area contributed by atoms with E-state index in [1.165, 1.54) is 12.8 Å². The molecule has 0 saturated heterocycles. The van der Waals surface area contributed by atoms with Crippen molar-refractivity contribution in [2.45, 2.75) is 26.4 Å². The molecule has 0 unspecified atom stereocenters. The average Bonchev–Trinajstić information content (AvgIpc) is 3.13. The first-order valence-electron chi connectivity index (χ1n) is 6.54. The van der Waals surface area contributed by atoms with Gasteiger partial charge in [-0.25, -0.2) is 9.97 Å². The third-order valence-corrected chi connectivity index (χ3v) is 3.01. The third kappa shape index (κ3) is 3.57. The molecule has 5 heteroatoms. The van der Waals surface area contributed by atoms with E-state index in [2.05, 4.69) is 34.2 Å². The Morgan fingerprint density at radius 3 is 2.83 bits per heavy atom. The van der Waals surface area contributed by atoms with Crippen LogP contribution in [0.2, 0.25) is 0 Å². The number of anilines is 2. The largest absolute Gasteiger partial charge is 0.377 e. The van der Waals surface area contributed by atoms with Gasteiger partial charge in [-0.3, -0.25) is 0 Å². The molecule has 0 bridgehead atoms. The molecule has 1 aromatic rings. The van der Waals surface area contributed by atoms with E-state index in [-0.39, 0.29) is 0 Å². The van der Waals surface area contributed by atoms with Crippen LogP contribution in [0.5, 0.6) is 0 Å². The zero-order chi connectivity index (χ0) is 13.0. The predicted octanol–water partition coefficient (Wildman–Crippen LogP) is 1.90.